The van der Waals surface area contributed by atoms with Gasteiger partial charge in [0.15, 0.2) is 0 Å². The summed E-state index contributed by atoms with van der Waals surface area (Å²) in [5.41, 5.74) is 3.91. The Balaban J connectivity index is 2.93. The normalized spacial score (nSPS) is 11.2. The van der Waals surface area contributed by atoms with Gasteiger partial charge in [0.2, 0.25) is 0 Å². The lowest BCUT2D eigenvalue weighted by molar-refractivity contribution is 1.39. The van der Waals surface area contributed by atoms with E-state index in [4.69, 9.17) is 0 Å². The predicted molar refractivity (Wildman–Crippen MR) is 67.6 cm³/mol. The molecule has 0 unspecified atom stereocenters. The van der Waals surface area contributed by atoms with E-state index in [0.717, 1.165) is 5.33 Å². The minimum Gasteiger partial charge on any atom is -0.0876 e. The van der Waals surface area contributed by atoms with Crippen molar-refractivity contribution in [3.05, 3.63) is 53.6 Å². The van der Waals surface area contributed by atoms with Crippen LogP contribution in [0.1, 0.15) is 19.4 Å². The smallest absolute Gasteiger partial charge is 0.0288 e. The van der Waals surface area contributed by atoms with Crippen molar-refractivity contribution in [1.29, 1.82) is 0 Å². The van der Waals surface area contributed by atoms with Crippen molar-refractivity contribution in [2.45, 2.75) is 13.8 Å². The van der Waals surface area contributed by atoms with Crippen LogP contribution in [0.15, 0.2) is 48.1 Å². The topological polar surface area (TPSA) is 0 Å². The van der Waals surface area contributed by atoms with Crippen LogP contribution in [-0.4, -0.2) is 5.33 Å². The number of hydrogen-bond donors (Lipinski definition) is 0. The molecule has 74 valence electrons. The molecular weight excluding hydrogens is 236 g/mol. The molecule has 1 aromatic rings. The molecule has 0 saturated heterocycles. The van der Waals surface area contributed by atoms with E-state index in [-0.39, 0.29) is 0 Å². The number of hydrogen-bond acceptors (Lipinski definition) is 0. The van der Waals surface area contributed by atoms with E-state index in [2.05, 4.69) is 66.2 Å². The van der Waals surface area contributed by atoms with Crippen LogP contribution < -0.4 is 0 Å². The van der Waals surface area contributed by atoms with Gasteiger partial charge in [-0.15, -0.1) is 0 Å². The second kappa shape index (κ2) is 5.82. The number of rotatable bonds is 3. The summed E-state index contributed by atoms with van der Waals surface area (Å²) < 4.78 is 0. The summed E-state index contributed by atoms with van der Waals surface area (Å²) in [4.78, 5) is 0. The molecule has 0 aromatic heterocycles. The molecule has 0 heterocycles. The number of alkyl halides is 1. The van der Waals surface area contributed by atoms with Gasteiger partial charge in [-0.3, -0.25) is 0 Å². The molecule has 0 aliphatic rings. The third-order valence-electron chi connectivity index (χ3n) is 1.91. The molecule has 1 rings (SSSR count). The van der Waals surface area contributed by atoms with Gasteiger partial charge in [0.05, 0.1) is 0 Å². The third kappa shape index (κ3) is 3.51. The third-order valence-corrected chi connectivity index (χ3v) is 2.51. The zero-order valence-corrected chi connectivity index (χ0v) is 10.2. The molecule has 0 atom stereocenters. The minimum absolute atomic E-state index is 0.890. The van der Waals surface area contributed by atoms with E-state index < -0.39 is 0 Å². The van der Waals surface area contributed by atoms with E-state index in [0.29, 0.717) is 0 Å². The summed E-state index contributed by atoms with van der Waals surface area (Å²) in [6.07, 6.45) is 4.31. The fourth-order valence-corrected chi connectivity index (χ4v) is 1.65. The summed E-state index contributed by atoms with van der Waals surface area (Å²) in [6.45, 7) is 4.21. The van der Waals surface area contributed by atoms with Crippen LogP contribution in [-0.2, 0) is 0 Å². The first kappa shape index (κ1) is 11.3. The molecule has 0 spiro atoms. The molecule has 0 aliphatic carbocycles. The SMILES string of the molecule is CC(C)=CC=C(CBr)c1ccccc1. The van der Waals surface area contributed by atoms with Gasteiger partial charge in [0.1, 0.15) is 0 Å². The van der Waals surface area contributed by atoms with Gasteiger partial charge >= 0.3 is 0 Å². The van der Waals surface area contributed by atoms with Gasteiger partial charge in [-0.1, -0.05) is 64.0 Å². The maximum atomic E-state index is 3.51. The lowest BCUT2D eigenvalue weighted by atomic mass is 10.1. The first-order chi connectivity index (χ1) is 6.74. The lowest BCUT2D eigenvalue weighted by Gasteiger charge is -2.02. The van der Waals surface area contributed by atoms with Crippen molar-refractivity contribution in [2.24, 2.45) is 0 Å². The Morgan fingerprint density at radius 1 is 1.14 bits per heavy atom. The molecule has 0 bridgehead atoms. The monoisotopic (exact) mass is 250 g/mol. The van der Waals surface area contributed by atoms with E-state index in [1.165, 1.54) is 16.7 Å². The lowest BCUT2D eigenvalue weighted by Crippen LogP contribution is -1.84. The first-order valence-corrected chi connectivity index (χ1v) is 5.81. The van der Waals surface area contributed by atoms with Crippen LogP contribution in [0.2, 0.25) is 0 Å². The van der Waals surface area contributed by atoms with Gasteiger partial charge in [0.25, 0.3) is 0 Å². The second-order valence-electron chi connectivity index (χ2n) is 3.44. The van der Waals surface area contributed by atoms with Crippen LogP contribution >= 0.6 is 15.9 Å². The highest BCUT2D eigenvalue weighted by Crippen LogP contribution is 2.16. The Labute approximate surface area is 94.5 Å². The van der Waals surface area contributed by atoms with Gasteiger partial charge in [-0.2, -0.15) is 0 Å². The van der Waals surface area contributed by atoms with E-state index in [9.17, 15) is 0 Å². The molecule has 0 N–H and O–H groups in total. The highest BCUT2D eigenvalue weighted by atomic mass is 79.9. The summed E-state index contributed by atoms with van der Waals surface area (Å²) in [6, 6.07) is 10.4. The van der Waals surface area contributed by atoms with E-state index in [1.807, 2.05) is 6.07 Å². The second-order valence-corrected chi connectivity index (χ2v) is 4.00. The molecule has 14 heavy (non-hydrogen) atoms. The van der Waals surface area contributed by atoms with Gasteiger partial charge in [-0.25, -0.2) is 0 Å². The summed E-state index contributed by atoms with van der Waals surface area (Å²) >= 11 is 3.51. The molecule has 0 saturated carbocycles. The summed E-state index contributed by atoms with van der Waals surface area (Å²) in [5.74, 6) is 0. The van der Waals surface area contributed by atoms with Gasteiger partial charge in [-0.05, 0) is 25.0 Å². The number of benzene rings is 1. The largest absolute Gasteiger partial charge is 0.0876 e. The maximum absolute atomic E-state index is 3.51. The van der Waals surface area contributed by atoms with Crippen molar-refractivity contribution in [3.8, 4) is 0 Å². The van der Waals surface area contributed by atoms with Gasteiger partial charge < -0.3 is 0 Å². The van der Waals surface area contributed by atoms with Crippen molar-refractivity contribution < 1.29 is 0 Å². The fourth-order valence-electron chi connectivity index (χ4n) is 1.14. The highest BCUT2D eigenvalue weighted by Gasteiger charge is 1.96. The maximum Gasteiger partial charge on any atom is 0.0288 e. The zero-order valence-electron chi connectivity index (χ0n) is 8.63. The number of allylic oxidation sites excluding steroid dienone is 4. The molecule has 1 heteroatoms. The Kier molecular flexibility index (Phi) is 4.68. The molecule has 0 radical (unpaired) electrons. The van der Waals surface area contributed by atoms with Gasteiger partial charge in [0, 0.05) is 5.33 Å². The van der Waals surface area contributed by atoms with Crippen LogP contribution in [0, 0.1) is 0 Å². The van der Waals surface area contributed by atoms with Crippen LogP contribution in [0.5, 0.6) is 0 Å². The zero-order chi connectivity index (χ0) is 10.4. The summed E-state index contributed by atoms with van der Waals surface area (Å²) in [7, 11) is 0. The first-order valence-electron chi connectivity index (χ1n) is 4.69. The van der Waals surface area contributed by atoms with Crippen LogP contribution in [0.3, 0.4) is 0 Å². The van der Waals surface area contributed by atoms with E-state index in [1.54, 1.807) is 0 Å². The Hall–Kier alpha value is -0.820. The van der Waals surface area contributed by atoms with Crippen molar-refractivity contribution in [3.63, 3.8) is 0 Å². The quantitative estimate of drug-likeness (QED) is 0.550. The molecule has 0 amide bonds. The fraction of sp³-hybridized carbons (Fsp3) is 0.231. The van der Waals surface area contributed by atoms with E-state index >= 15 is 0 Å². The average molecular weight is 251 g/mol. The predicted octanol–water partition coefficient (Wildman–Crippen LogP) is 4.43. The molecular formula is C13H15Br. The Bertz CT molecular complexity index is 330. The Morgan fingerprint density at radius 3 is 2.29 bits per heavy atom. The summed E-state index contributed by atoms with van der Waals surface area (Å²) in [5, 5.41) is 0.890. The molecule has 0 aliphatic heterocycles. The average Bonchev–Trinajstić information content (AvgIpc) is 2.20. The highest BCUT2D eigenvalue weighted by molar-refractivity contribution is 9.09. The molecule has 0 nitrogen and oxygen atoms in total. The molecule has 0 fully saturated rings. The van der Waals surface area contributed by atoms with Crippen LogP contribution in [0.4, 0.5) is 0 Å². The molecule has 1 aromatic carbocycles. The van der Waals surface area contributed by atoms with Crippen molar-refractivity contribution in [2.75, 3.05) is 5.33 Å². The van der Waals surface area contributed by atoms with Crippen molar-refractivity contribution in [1.82, 2.24) is 0 Å². The Morgan fingerprint density at radius 2 is 1.79 bits per heavy atom. The minimum atomic E-state index is 0.890. The number of halogens is 1. The van der Waals surface area contributed by atoms with Crippen LogP contribution in [0.25, 0.3) is 5.57 Å². The standard InChI is InChI=1S/C13H15Br/c1-11(2)8-9-13(10-14)12-6-4-3-5-7-12/h3-9H,10H2,1-2H3. The van der Waals surface area contributed by atoms with Crippen molar-refractivity contribution >= 4 is 21.5 Å².